The highest BCUT2D eigenvalue weighted by molar-refractivity contribution is 5.46. The van der Waals surface area contributed by atoms with Crippen molar-refractivity contribution in [2.45, 2.75) is 32.9 Å². The zero-order valence-corrected chi connectivity index (χ0v) is 12.1. The minimum atomic E-state index is 0.110. The summed E-state index contributed by atoms with van der Waals surface area (Å²) in [5.41, 5.74) is 3.52. The van der Waals surface area contributed by atoms with Crippen LogP contribution >= 0.6 is 0 Å². The second kappa shape index (κ2) is 7.71. The van der Waals surface area contributed by atoms with Gasteiger partial charge in [-0.1, -0.05) is 55.8 Å². The fourth-order valence-corrected chi connectivity index (χ4v) is 2.26. The van der Waals surface area contributed by atoms with Crippen molar-refractivity contribution in [3.63, 3.8) is 0 Å². The topological polar surface area (TPSA) is 23.5 Å². The fourth-order valence-electron chi connectivity index (χ4n) is 2.26. The molecule has 0 bridgehead atoms. The fraction of sp³-hybridized carbons (Fsp3) is 0.333. The second-order valence-electron chi connectivity index (χ2n) is 5.09. The van der Waals surface area contributed by atoms with E-state index in [-0.39, 0.29) is 6.61 Å². The van der Waals surface area contributed by atoms with Gasteiger partial charge in [0, 0.05) is 18.8 Å². The molecule has 0 aromatic heterocycles. The third-order valence-electron chi connectivity index (χ3n) is 3.48. The summed E-state index contributed by atoms with van der Waals surface area (Å²) >= 11 is 0. The lowest BCUT2D eigenvalue weighted by molar-refractivity contribution is 0.282. The molecule has 0 saturated carbocycles. The molecular formula is C18H23NO. The number of nitrogens with zero attached hydrogens (tertiary/aromatic N) is 1. The van der Waals surface area contributed by atoms with Crippen LogP contribution in [0.1, 0.15) is 30.9 Å². The first kappa shape index (κ1) is 14.6. The molecule has 106 valence electrons. The monoisotopic (exact) mass is 269 g/mol. The quantitative estimate of drug-likeness (QED) is 0.821. The molecular weight excluding hydrogens is 246 g/mol. The normalized spacial score (nSPS) is 10.5. The van der Waals surface area contributed by atoms with Crippen LogP contribution in [0.15, 0.2) is 54.6 Å². The number of para-hydroxylation sites is 1. The zero-order chi connectivity index (χ0) is 14.2. The van der Waals surface area contributed by atoms with Crippen molar-refractivity contribution < 1.29 is 5.11 Å². The maximum Gasteiger partial charge on any atom is 0.0681 e. The third-order valence-corrected chi connectivity index (χ3v) is 3.48. The molecule has 0 heterocycles. The van der Waals surface area contributed by atoms with Gasteiger partial charge >= 0.3 is 0 Å². The molecule has 0 spiro atoms. The molecule has 2 nitrogen and oxygen atoms in total. The van der Waals surface area contributed by atoms with Crippen molar-refractivity contribution in [3.8, 4) is 0 Å². The number of anilines is 1. The Morgan fingerprint density at radius 3 is 2.15 bits per heavy atom. The molecule has 0 radical (unpaired) electrons. The van der Waals surface area contributed by atoms with E-state index in [1.807, 2.05) is 12.1 Å². The van der Waals surface area contributed by atoms with Crippen LogP contribution in [0.5, 0.6) is 0 Å². The van der Waals surface area contributed by atoms with Crippen molar-refractivity contribution in [2.75, 3.05) is 11.4 Å². The molecule has 0 aliphatic rings. The standard InChI is InChI=1S/C18H23NO/c1-2-3-13-19(18-7-5-4-6-8-18)14-16-9-11-17(15-20)12-10-16/h4-12,20H,2-3,13-15H2,1H3. The van der Waals surface area contributed by atoms with E-state index in [0.717, 1.165) is 18.7 Å². The van der Waals surface area contributed by atoms with Gasteiger partial charge in [0.1, 0.15) is 0 Å². The van der Waals surface area contributed by atoms with Crippen molar-refractivity contribution in [1.82, 2.24) is 0 Å². The maximum atomic E-state index is 9.09. The van der Waals surface area contributed by atoms with Crippen LogP contribution in [0.2, 0.25) is 0 Å². The molecule has 2 aromatic rings. The molecule has 20 heavy (non-hydrogen) atoms. The highest BCUT2D eigenvalue weighted by Crippen LogP contribution is 2.18. The number of hydrogen-bond donors (Lipinski definition) is 1. The molecule has 0 aliphatic carbocycles. The van der Waals surface area contributed by atoms with Crippen molar-refractivity contribution in [1.29, 1.82) is 0 Å². The van der Waals surface area contributed by atoms with Crippen LogP contribution < -0.4 is 4.90 Å². The van der Waals surface area contributed by atoms with E-state index in [1.165, 1.54) is 24.1 Å². The summed E-state index contributed by atoms with van der Waals surface area (Å²) < 4.78 is 0. The molecule has 0 amide bonds. The average Bonchev–Trinajstić information content (AvgIpc) is 2.53. The molecule has 2 rings (SSSR count). The van der Waals surface area contributed by atoms with Gasteiger partial charge in [-0.25, -0.2) is 0 Å². The van der Waals surface area contributed by atoms with Gasteiger partial charge in [-0.3, -0.25) is 0 Å². The van der Waals surface area contributed by atoms with E-state index in [4.69, 9.17) is 5.11 Å². The smallest absolute Gasteiger partial charge is 0.0681 e. The van der Waals surface area contributed by atoms with E-state index in [2.05, 4.69) is 54.3 Å². The Labute approximate surface area is 121 Å². The van der Waals surface area contributed by atoms with Crippen LogP contribution in [0.3, 0.4) is 0 Å². The number of unbranched alkanes of at least 4 members (excludes halogenated alkanes) is 1. The Bertz CT molecular complexity index is 493. The third kappa shape index (κ3) is 4.10. The van der Waals surface area contributed by atoms with E-state index in [9.17, 15) is 0 Å². The molecule has 0 aliphatic heterocycles. The highest BCUT2D eigenvalue weighted by Gasteiger charge is 2.06. The zero-order valence-electron chi connectivity index (χ0n) is 12.1. The number of aliphatic hydroxyl groups is 1. The van der Waals surface area contributed by atoms with Gasteiger partial charge in [0.2, 0.25) is 0 Å². The van der Waals surface area contributed by atoms with Crippen LogP contribution in [0.25, 0.3) is 0 Å². The van der Waals surface area contributed by atoms with Gasteiger partial charge in [0.05, 0.1) is 6.61 Å². The van der Waals surface area contributed by atoms with Crippen LogP contribution in [0, 0.1) is 0 Å². The van der Waals surface area contributed by atoms with E-state index < -0.39 is 0 Å². The van der Waals surface area contributed by atoms with Gasteiger partial charge in [-0.2, -0.15) is 0 Å². The van der Waals surface area contributed by atoms with Gasteiger partial charge in [0.25, 0.3) is 0 Å². The van der Waals surface area contributed by atoms with E-state index in [0.29, 0.717) is 0 Å². The molecule has 0 saturated heterocycles. The number of aliphatic hydroxyl groups excluding tert-OH is 1. The van der Waals surface area contributed by atoms with Gasteiger partial charge < -0.3 is 10.0 Å². The first-order chi connectivity index (χ1) is 9.83. The predicted octanol–water partition coefficient (Wildman–Crippen LogP) is 3.99. The Balaban J connectivity index is 2.10. The molecule has 2 heteroatoms. The van der Waals surface area contributed by atoms with Crippen molar-refractivity contribution >= 4 is 5.69 Å². The van der Waals surface area contributed by atoms with Crippen LogP contribution in [-0.2, 0) is 13.2 Å². The lowest BCUT2D eigenvalue weighted by atomic mass is 10.1. The largest absolute Gasteiger partial charge is 0.392 e. The number of rotatable bonds is 7. The van der Waals surface area contributed by atoms with Gasteiger partial charge in [-0.05, 0) is 29.7 Å². The lowest BCUT2D eigenvalue weighted by Crippen LogP contribution is -2.23. The molecule has 0 atom stereocenters. The molecule has 0 fully saturated rings. The number of benzene rings is 2. The van der Waals surface area contributed by atoms with Gasteiger partial charge in [0.15, 0.2) is 0 Å². The average molecular weight is 269 g/mol. The lowest BCUT2D eigenvalue weighted by Gasteiger charge is -2.25. The van der Waals surface area contributed by atoms with Crippen LogP contribution in [-0.4, -0.2) is 11.7 Å². The Morgan fingerprint density at radius 1 is 0.900 bits per heavy atom. The summed E-state index contributed by atoms with van der Waals surface area (Å²) in [6, 6.07) is 18.8. The molecule has 2 aromatic carbocycles. The summed E-state index contributed by atoms with van der Waals surface area (Å²) in [6.07, 6.45) is 2.40. The van der Waals surface area contributed by atoms with Gasteiger partial charge in [-0.15, -0.1) is 0 Å². The molecule has 0 unspecified atom stereocenters. The SMILES string of the molecule is CCCCN(Cc1ccc(CO)cc1)c1ccccc1. The van der Waals surface area contributed by atoms with E-state index in [1.54, 1.807) is 0 Å². The first-order valence-electron chi connectivity index (χ1n) is 7.32. The van der Waals surface area contributed by atoms with E-state index >= 15 is 0 Å². The highest BCUT2D eigenvalue weighted by atomic mass is 16.3. The second-order valence-corrected chi connectivity index (χ2v) is 5.09. The van der Waals surface area contributed by atoms with Crippen molar-refractivity contribution in [2.24, 2.45) is 0 Å². The van der Waals surface area contributed by atoms with Crippen molar-refractivity contribution in [3.05, 3.63) is 65.7 Å². The first-order valence-corrected chi connectivity index (χ1v) is 7.32. The Morgan fingerprint density at radius 2 is 1.55 bits per heavy atom. The minimum Gasteiger partial charge on any atom is -0.392 e. The molecule has 1 N–H and O–H groups in total. The maximum absolute atomic E-state index is 9.09. The summed E-state index contributed by atoms with van der Waals surface area (Å²) in [5, 5.41) is 9.09. The Kier molecular flexibility index (Phi) is 5.63. The minimum absolute atomic E-state index is 0.110. The summed E-state index contributed by atoms with van der Waals surface area (Å²) in [6.45, 7) is 4.32. The number of hydrogen-bond acceptors (Lipinski definition) is 2. The summed E-state index contributed by atoms with van der Waals surface area (Å²) in [4.78, 5) is 2.41. The van der Waals surface area contributed by atoms with Crippen LogP contribution in [0.4, 0.5) is 5.69 Å². The Hall–Kier alpha value is -1.80. The summed E-state index contributed by atoms with van der Waals surface area (Å²) in [7, 11) is 0. The predicted molar refractivity (Wildman–Crippen MR) is 84.8 cm³/mol. The summed E-state index contributed by atoms with van der Waals surface area (Å²) in [5.74, 6) is 0.